The quantitative estimate of drug-likeness (QED) is 0.773. The molecule has 0 spiro atoms. The summed E-state index contributed by atoms with van der Waals surface area (Å²) in [4.78, 5) is 25.6. The van der Waals surface area contributed by atoms with Crippen molar-refractivity contribution in [3.05, 3.63) is 34.7 Å². The zero-order valence-electron chi connectivity index (χ0n) is 10.7. The molecular weight excluding hydrogens is 260 g/mol. The number of hydrogen-bond donors (Lipinski definition) is 3. The van der Waals surface area contributed by atoms with Crippen molar-refractivity contribution in [2.75, 3.05) is 11.9 Å². The number of rotatable bonds is 3. The first-order valence-electron chi connectivity index (χ1n) is 6.40. The Kier molecular flexibility index (Phi) is 3.34. The van der Waals surface area contributed by atoms with Gasteiger partial charge in [0.15, 0.2) is 5.82 Å². The first-order chi connectivity index (χ1) is 9.72. The van der Waals surface area contributed by atoms with E-state index in [9.17, 15) is 9.59 Å². The number of H-pyrrole nitrogens is 2. The normalized spacial score (nSPS) is 18.1. The number of nitrogens with zero attached hydrogens (tertiary/aromatic N) is 1. The van der Waals surface area contributed by atoms with Crippen LogP contribution >= 0.6 is 0 Å². The maximum absolute atomic E-state index is 12.0. The fourth-order valence-electron chi connectivity index (χ4n) is 2.16. The molecular formula is C13H14N4O3. The Labute approximate surface area is 114 Å². The Balaban J connectivity index is 1.77. The van der Waals surface area contributed by atoms with Gasteiger partial charge in [0.25, 0.3) is 5.91 Å². The number of carbonyl (C=O) groups excluding carboxylic acids is 1. The molecule has 104 valence electrons. The number of ether oxygens (including phenoxy) is 1. The molecule has 2 aromatic rings. The summed E-state index contributed by atoms with van der Waals surface area (Å²) in [7, 11) is 0. The predicted molar refractivity (Wildman–Crippen MR) is 72.2 cm³/mol. The molecule has 1 aromatic carbocycles. The Hall–Kier alpha value is -2.41. The van der Waals surface area contributed by atoms with Crippen molar-refractivity contribution >= 4 is 11.6 Å². The van der Waals surface area contributed by atoms with Crippen LogP contribution in [0.5, 0.6) is 0 Å². The van der Waals surface area contributed by atoms with Crippen LogP contribution < -0.4 is 11.0 Å². The van der Waals surface area contributed by atoms with Crippen LogP contribution in [0.1, 0.15) is 12.8 Å². The minimum atomic E-state index is -0.371. The van der Waals surface area contributed by atoms with E-state index in [1.54, 1.807) is 24.3 Å². The lowest BCUT2D eigenvalue weighted by Crippen LogP contribution is -2.26. The van der Waals surface area contributed by atoms with E-state index in [1.165, 1.54) is 0 Å². The third kappa shape index (κ3) is 2.62. The van der Waals surface area contributed by atoms with Crippen molar-refractivity contribution in [3.63, 3.8) is 0 Å². The summed E-state index contributed by atoms with van der Waals surface area (Å²) in [5.74, 6) is 0.290. The lowest BCUT2D eigenvalue weighted by atomic mass is 10.1. The van der Waals surface area contributed by atoms with Gasteiger partial charge in [-0.25, -0.2) is 9.89 Å². The topological polar surface area (TPSA) is 99.9 Å². The van der Waals surface area contributed by atoms with E-state index in [-0.39, 0.29) is 17.7 Å². The molecule has 1 atom stereocenters. The molecule has 7 nitrogen and oxygen atoms in total. The molecule has 1 aliphatic rings. The molecule has 0 radical (unpaired) electrons. The summed E-state index contributed by atoms with van der Waals surface area (Å²) in [5.41, 5.74) is 0.995. The number of amides is 1. The number of nitrogens with one attached hydrogen (secondary N) is 3. The highest BCUT2D eigenvalue weighted by Gasteiger charge is 2.23. The van der Waals surface area contributed by atoms with E-state index >= 15 is 0 Å². The Morgan fingerprint density at radius 3 is 3.05 bits per heavy atom. The summed E-state index contributed by atoms with van der Waals surface area (Å²) in [5, 5.41) is 8.96. The molecule has 20 heavy (non-hydrogen) atoms. The van der Waals surface area contributed by atoms with Gasteiger partial charge in [0.05, 0.1) is 0 Å². The summed E-state index contributed by atoms with van der Waals surface area (Å²) in [6.45, 7) is 0.632. The van der Waals surface area contributed by atoms with E-state index in [0.717, 1.165) is 12.8 Å². The highest BCUT2D eigenvalue weighted by molar-refractivity contribution is 5.94. The number of aromatic nitrogens is 3. The minimum Gasteiger partial charge on any atom is -0.368 e. The predicted octanol–water partition coefficient (Wildman–Crippen LogP) is 0.882. The van der Waals surface area contributed by atoms with Gasteiger partial charge >= 0.3 is 5.69 Å². The lowest BCUT2D eigenvalue weighted by Gasteiger charge is -2.10. The Morgan fingerprint density at radius 2 is 2.35 bits per heavy atom. The third-order valence-electron chi connectivity index (χ3n) is 3.13. The minimum absolute atomic E-state index is 0.143. The fourth-order valence-corrected chi connectivity index (χ4v) is 2.16. The molecule has 0 saturated carbocycles. The standard InChI is InChI=1S/C13H14N4O3/c18-12(10-5-2-6-20-10)14-9-4-1-3-8(7-9)11-15-13(19)17-16-11/h1,3-4,7,10H,2,5-6H2,(H,14,18)(H2,15,16,17,19). The second-order valence-electron chi connectivity index (χ2n) is 4.60. The van der Waals surface area contributed by atoms with Crippen molar-refractivity contribution in [1.29, 1.82) is 0 Å². The molecule has 7 heteroatoms. The van der Waals surface area contributed by atoms with Gasteiger partial charge in [-0.05, 0) is 25.0 Å². The van der Waals surface area contributed by atoms with E-state index in [0.29, 0.717) is 23.7 Å². The summed E-state index contributed by atoms with van der Waals surface area (Å²) >= 11 is 0. The van der Waals surface area contributed by atoms with Crippen LogP contribution in [0.2, 0.25) is 0 Å². The van der Waals surface area contributed by atoms with Crippen molar-refractivity contribution in [1.82, 2.24) is 15.2 Å². The average Bonchev–Trinajstić information content (AvgIpc) is 3.10. The number of hydrogen-bond acceptors (Lipinski definition) is 4. The molecule has 3 rings (SSSR count). The summed E-state index contributed by atoms with van der Waals surface area (Å²) in [6.07, 6.45) is 1.29. The van der Waals surface area contributed by atoms with Gasteiger partial charge in [-0.1, -0.05) is 12.1 Å². The zero-order chi connectivity index (χ0) is 13.9. The summed E-state index contributed by atoms with van der Waals surface area (Å²) < 4.78 is 5.33. The molecule has 1 fully saturated rings. The van der Waals surface area contributed by atoms with Gasteiger partial charge in [0.2, 0.25) is 0 Å². The van der Waals surface area contributed by atoms with Crippen molar-refractivity contribution < 1.29 is 9.53 Å². The van der Waals surface area contributed by atoms with Gasteiger partial charge in [-0.2, -0.15) is 5.10 Å². The molecule has 1 unspecified atom stereocenters. The maximum atomic E-state index is 12.0. The number of anilines is 1. The van der Waals surface area contributed by atoms with Gasteiger partial charge in [-0.3, -0.25) is 9.78 Å². The highest BCUT2D eigenvalue weighted by Crippen LogP contribution is 2.20. The fraction of sp³-hybridized carbons (Fsp3) is 0.308. The molecule has 0 aliphatic carbocycles. The molecule has 1 amide bonds. The van der Waals surface area contributed by atoms with Gasteiger partial charge in [-0.15, -0.1) is 0 Å². The van der Waals surface area contributed by atoms with Crippen LogP contribution in [-0.4, -0.2) is 33.8 Å². The van der Waals surface area contributed by atoms with Gasteiger partial charge < -0.3 is 10.1 Å². The lowest BCUT2D eigenvalue weighted by molar-refractivity contribution is -0.124. The number of carbonyl (C=O) groups is 1. The van der Waals surface area contributed by atoms with Crippen molar-refractivity contribution in [2.24, 2.45) is 0 Å². The van der Waals surface area contributed by atoms with Crippen LogP contribution in [0.15, 0.2) is 29.1 Å². The second-order valence-corrected chi connectivity index (χ2v) is 4.60. The van der Waals surface area contributed by atoms with Crippen LogP contribution in [0.25, 0.3) is 11.4 Å². The molecule has 1 aliphatic heterocycles. The van der Waals surface area contributed by atoms with E-state index in [4.69, 9.17) is 4.74 Å². The smallest absolute Gasteiger partial charge is 0.340 e. The monoisotopic (exact) mass is 274 g/mol. The van der Waals surface area contributed by atoms with Crippen LogP contribution in [-0.2, 0) is 9.53 Å². The van der Waals surface area contributed by atoms with Crippen molar-refractivity contribution in [2.45, 2.75) is 18.9 Å². The van der Waals surface area contributed by atoms with Gasteiger partial charge in [0, 0.05) is 17.9 Å². The van der Waals surface area contributed by atoms with Crippen LogP contribution in [0.4, 0.5) is 5.69 Å². The average molecular weight is 274 g/mol. The largest absolute Gasteiger partial charge is 0.368 e. The van der Waals surface area contributed by atoms with E-state index in [2.05, 4.69) is 20.5 Å². The van der Waals surface area contributed by atoms with Gasteiger partial charge in [0.1, 0.15) is 6.10 Å². The number of benzene rings is 1. The van der Waals surface area contributed by atoms with E-state index < -0.39 is 0 Å². The molecule has 0 bridgehead atoms. The third-order valence-corrected chi connectivity index (χ3v) is 3.13. The van der Waals surface area contributed by atoms with Crippen LogP contribution in [0.3, 0.4) is 0 Å². The molecule has 1 aromatic heterocycles. The van der Waals surface area contributed by atoms with Crippen molar-refractivity contribution in [3.8, 4) is 11.4 Å². The zero-order valence-corrected chi connectivity index (χ0v) is 10.7. The molecule has 1 saturated heterocycles. The maximum Gasteiger partial charge on any atom is 0.340 e. The number of aromatic amines is 2. The first-order valence-corrected chi connectivity index (χ1v) is 6.40. The van der Waals surface area contributed by atoms with Crippen LogP contribution in [0, 0.1) is 0 Å². The summed E-state index contributed by atoms with van der Waals surface area (Å²) in [6, 6.07) is 7.11. The highest BCUT2D eigenvalue weighted by atomic mass is 16.5. The SMILES string of the molecule is O=C(Nc1cccc(-c2n[nH]c(=O)[nH]2)c1)C1CCCO1. The molecule has 3 N–H and O–H groups in total. The Morgan fingerprint density at radius 1 is 1.45 bits per heavy atom. The second kappa shape index (κ2) is 5.30. The molecule has 2 heterocycles. The van der Waals surface area contributed by atoms with E-state index in [1.807, 2.05) is 0 Å². The first kappa shape index (κ1) is 12.6. The Bertz CT molecular complexity index is 670.